The lowest BCUT2D eigenvalue weighted by molar-refractivity contribution is -0.142. The maximum absolute atomic E-state index is 11.8. The molecule has 7 N–H and O–H groups in total. The molecule has 1 aromatic rings. The Bertz CT molecular complexity index is 476. The van der Waals surface area contributed by atoms with Gasteiger partial charge in [0, 0.05) is 6.42 Å². The molecule has 1 rings (SSSR count). The van der Waals surface area contributed by atoms with E-state index in [0.717, 1.165) is 0 Å². The number of benzene rings is 1. The number of hydrogen-bond acceptors (Lipinski definition) is 5. The Morgan fingerprint density at radius 3 is 2.38 bits per heavy atom. The Morgan fingerprint density at radius 2 is 1.86 bits per heavy atom. The van der Waals surface area contributed by atoms with Gasteiger partial charge in [-0.05, 0) is 37.1 Å². The van der Waals surface area contributed by atoms with Crippen LogP contribution in [-0.2, 0) is 16.0 Å². The van der Waals surface area contributed by atoms with Crippen molar-refractivity contribution in [2.45, 2.75) is 31.3 Å². The number of aliphatic carboxylic acids is 1. The van der Waals surface area contributed by atoms with Crippen LogP contribution in [0.2, 0.25) is 0 Å². The van der Waals surface area contributed by atoms with Gasteiger partial charge in [-0.1, -0.05) is 12.1 Å². The van der Waals surface area contributed by atoms with Crippen molar-refractivity contribution in [2.75, 3.05) is 6.54 Å². The van der Waals surface area contributed by atoms with E-state index in [9.17, 15) is 19.8 Å². The molecule has 0 spiro atoms. The highest BCUT2D eigenvalue weighted by molar-refractivity contribution is 5.86. The van der Waals surface area contributed by atoms with Gasteiger partial charge in [-0.15, -0.1) is 0 Å². The molecule has 0 heterocycles. The normalized spacial score (nSPS) is 13.4. The molecule has 0 aliphatic rings. The van der Waals surface area contributed by atoms with E-state index in [0.29, 0.717) is 24.9 Å². The van der Waals surface area contributed by atoms with Gasteiger partial charge in [-0.3, -0.25) is 4.79 Å². The van der Waals surface area contributed by atoms with E-state index in [1.807, 2.05) is 0 Å². The smallest absolute Gasteiger partial charge is 0.326 e. The van der Waals surface area contributed by atoms with Crippen LogP contribution in [0, 0.1) is 0 Å². The molecule has 0 aliphatic carbocycles. The van der Waals surface area contributed by atoms with Crippen molar-refractivity contribution in [1.29, 1.82) is 0 Å². The summed E-state index contributed by atoms with van der Waals surface area (Å²) in [5.74, 6) is -1.55. The number of aromatic hydroxyl groups is 1. The van der Waals surface area contributed by atoms with E-state index < -0.39 is 24.0 Å². The van der Waals surface area contributed by atoms with Gasteiger partial charge in [0.25, 0.3) is 0 Å². The molecule has 0 unspecified atom stereocenters. The number of nitrogens with two attached hydrogens (primary N) is 2. The first-order chi connectivity index (χ1) is 9.93. The molecule has 0 aliphatic heterocycles. The topological polar surface area (TPSA) is 139 Å². The maximum atomic E-state index is 11.8. The third-order valence-corrected chi connectivity index (χ3v) is 3.05. The van der Waals surface area contributed by atoms with Crippen LogP contribution in [0.25, 0.3) is 0 Å². The Labute approximate surface area is 122 Å². The third-order valence-electron chi connectivity index (χ3n) is 3.05. The summed E-state index contributed by atoms with van der Waals surface area (Å²) < 4.78 is 0. The van der Waals surface area contributed by atoms with Crippen molar-refractivity contribution in [1.82, 2.24) is 5.32 Å². The maximum Gasteiger partial charge on any atom is 0.326 e. The van der Waals surface area contributed by atoms with Gasteiger partial charge in [0.15, 0.2) is 0 Å². The molecule has 0 aromatic heterocycles. The van der Waals surface area contributed by atoms with Crippen molar-refractivity contribution in [3.63, 3.8) is 0 Å². The zero-order valence-corrected chi connectivity index (χ0v) is 11.7. The summed E-state index contributed by atoms with van der Waals surface area (Å²) in [6, 6.07) is 4.30. The second-order valence-corrected chi connectivity index (χ2v) is 4.81. The standard InChI is InChI=1S/C14H21N3O4/c15-7-1-2-11(16)13(19)17-12(14(20)21)8-9-3-5-10(18)6-4-9/h3-6,11-12,18H,1-2,7-8,15-16H2,(H,17,19)(H,20,21)/t11-,12-/m0/s1. The van der Waals surface area contributed by atoms with Crippen LogP contribution < -0.4 is 16.8 Å². The number of nitrogens with one attached hydrogen (secondary N) is 1. The quantitative estimate of drug-likeness (QED) is 0.441. The lowest BCUT2D eigenvalue weighted by atomic mass is 10.0. The SMILES string of the molecule is NCCC[C@H](N)C(=O)N[C@@H](Cc1ccc(O)cc1)C(=O)O. The Kier molecular flexibility index (Phi) is 6.64. The van der Waals surface area contributed by atoms with Crippen molar-refractivity contribution in [2.24, 2.45) is 11.5 Å². The molecule has 0 saturated carbocycles. The molecule has 0 fully saturated rings. The Balaban J connectivity index is 2.63. The van der Waals surface area contributed by atoms with E-state index in [2.05, 4.69) is 5.32 Å². The lowest BCUT2D eigenvalue weighted by Crippen LogP contribution is -2.49. The highest BCUT2D eigenvalue weighted by atomic mass is 16.4. The number of phenols is 1. The van der Waals surface area contributed by atoms with Crippen LogP contribution in [-0.4, -0.2) is 40.7 Å². The molecule has 1 amide bonds. The second-order valence-electron chi connectivity index (χ2n) is 4.81. The average molecular weight is 295 g/mol. The molecule has 7 heteroatoms. The molecule has 1 aromatic carbocycles. The predicted octanol–water partition coefficient (Wildman–Crippen LogP) is -0.430. The Hall–Kier alpha value is -2.12. The van der Waals surface area contributed by atoms with Crippen LogP contribution in [0.15, 0.2) is 24.3 Å². The predicted molar refractivity (Wildman–Crippen MR) is 77.6 cm³/mol. The average Bonchev–Trinajstić information content (AvgIpc) is 2.45. The number of carboxylic acid groups (broad SMARTS) is 1. The summed E-state index contributed by atoms with van der Waals surface area (Å²) in [6.45, 7) is 0.427. The first-order valence-electron chi connectivity index (χ1n) is 6.70. The highest BCUT2D eigenvalue weighted by Crippen LogP contribution is 2.11. The minimum atomic E-state index is -1.14. The summed E-state index contributed by atoms with van der Waals surface area (Å²) in [6.07, 6.45) is 1.13. The largest absolute Gasteiger partial charge is 0.508 e. The van der Waals surface area contributed by atoms with E-state index in [4.69, 9.17) is 11.5 Å². The van der Waals surface area contributed by atoms with Gasteiger partial charge in [-0.25, -0.2) is 4.79 Å². The third kappa shape index (κ3) is 5.80. The van der Waals surface area contributed by atoms with Crippen molar-refractivity contribution in [3.8, 4) is 5.75 Å². The zero-order valence-electron chi connectivity index (χ0n) is 11.7. The molecule has 0 saturated heterocycles. The monoisotopic (exact) mass is 295 g/mol. The fraction of sp³-hybridized carbons (Fsp3) is 0.429. The number of phenolic OH excluding ortho intramolecular Hbond substituents is 1. The number of carbonyl (C=O) groups excluding carboxylic acids is 1. The molecule has 116 valence electrons. The summed E-state index contributed by atoms with van der Waals surface area (Å²) in [5, 5.41) is 20.8. The minimum absolute atomic E-state index is 0.0958. The molecular weight excluding hydrogens is 274 g/mol. The van der Waals surface area contributed by atoms with E-state index in [-0.39, 0.29) is 12.2 Å². The van der Waals surface area contributed by atoms with Crippen LogP contribution in [0.4, 0.5) is 0 Å². The van der Waals surface area contributed by atoms with Crippen LogP contribution in [0.1, 0.15) is 18.4 Å². The lowest BCUT2D eigenvalue weighted by Gasteiger charge is -2.18. The van der Waals surface area contributed by atoms with Crippen LogP contribution in [0.5, 0.6) is 5.75 Å². The van der Waals surface area contributed by atoms with Gasteiger partial charge in [0.2, 0.25) is 5.91 Å². The number of rotatable bonds is 8. The van der Waals surface area contributed by atoms with Gasteiger partial charge >= 0.3 is 5.97 Å². The first-order valence-corrected chi connectivity index (χ1v) is 6.70. The van der Waals surface area contributed by atoms with Crippen LogP contribution in [0.3, 0.4) is 0 Å². The fourth-order valence-corrected chi connectivity index (χ4v) is 1.82. The molecule has 0 radical (unpaired) electrons. The summed E-state index contributed by atoms with van der Waals surface area (Å²) in [5.41, 5.74) is 11.7. The summed E-state index contributed by atoms with van der Waals surface area (Å²) in [7, 11) is 0. The number of amides is 1. The fourth-order valence-electron chi connectivity index (χ4n) is 1.82. The highest BCUT2D eigenvalue weighted by Gasteiger charge is 2.23. The molecule has 7 nitrogen and oxygen atoms in total. The van der Waals surface area contributed by atoms with E-state index in [1.165, 1.54) is 12.1 Å². The molecular formula is C14H21N3O4. The molecule has 21 heavy (non-hydrogen) atoms. The number of carboxylic acids is 1. The zero-order chi connectivity index (χ0) is 15.8. The van der Waals surface area contributed by atoms with E-state index in [1.54, 1.807) is 12.1 Å². The Morgan fingerprint density at radius 1 is 1.24 bits per heavy atom. The minimum Gasteiger partial charge on any atom is -0.508 e. The molecule has 0 bridgehead atoms. The summed E-state index contributed by atoms with van der Waals surface area (Å²) in [4.78, 5) is 23.0. The first kappa shape index (κ1) is 16.9. The van der Waals surface area contributed by atoms with Gasteiger partial charge in [0.1, 0.15) is 11.8 Å². The summed E-state index contributed by atoms with van der Waals surface area (Å²) >= 11 is 0. The number of hydrogen-bond donors (Lipinski definition) is 5. The van der Waals surface area contributed by atoms with Crippen LogP contribution >= 0.6 is 0 Å². The van der Waals surface area contributed by atoms with Gasteiger partial charge < -0.3 is 27.0 Å². The van der Waals surface area contributed by atoms with Gasteiger partial charge in [-0.2, -0.15) is 0 Å². The van der Waals surface area contributed by atoms with Gasteiger partial charge in [0.05, 0.1) is 6.04 Å². The van der Waals surface area contributed by atoms with E-state index >= 15 is 0 Å². The van der Waals surface area contributed by atoms with Crippen molar-refractivity contribution < 1.29 is 19.8 Å². The molecule has 2 atom stereocenters. The van der Waals surface area contributed by atoms with Crippen molar-refractivity contribution >= 4 is 11.9 Å². The van der Waals surface area contributed by atoms with Crippen molar-refractivity contribution in [3.05, 3.63) is 29.8 Å². The second kappa shape index (κ2) is 8.23. The number of carbonyl (C=O) groups is 2.